The Balaban J connectivity index is 1.24. The van der Waals surface area contributed by atoms with Crippen molar-refractivity contribution in [1.82, 2.24) is 14.5 Å². The molecule has 1 aliphatic rings. The highest BCUT2D eigenvalue weighted by Crippen LogP contribution is 2.45. The minimum absolute atomic E-state index is 0.161. The minimum Gasteiger partial charge on any atom is -0.381 e. The van der Waals surface area contributed by atoms with Gasteiger partial charge in [0.1, 0.15) is 29.3 Å². The van der Waals surface area contributed by atoms with Crippen molar-refractivity contribution in [3.05, 3.63) is 180 Å². The summed E-state index contributed by atoms with van der Waals surface area (Å²) < 4.78 is 49.4. The fraction of sp³-hybridized carbons (Fsp3) is 0.217. The van der Waals surface area contributed by atoms with E-state index < -0.39 is 24.0 Å². The van der Waals surface area contributed by atoms with Crippen LogP contribution in [0.4, 0.5) is 16.0 Å². The van der Waals surface area contributed by atoms with Gasteiger partial charge in [0.2, 0.25) is 5.95 Å². The highest BCUT2D eigenvalue weighted by molar-refractivity contribution is 5.94. The molecule has 10 heteroatoms. The van der Waals surface area contributed by atoms with Gasteiger partial charge in [-0.05, 0) is 46.5 Å². The Hall–Kier alpha value is -5.75. The van der Waals surface area contributed by atoms with Crippen LogP contribution in [0, 0.1) is 5.82 Å². The molecule has 0 spiro atoms. The number of benzene rings is 5. The summed E-state index contributed by atoms with van der Waals surface area (Å²) >= 11 is 0. The minimum atomic E-state index is -1.10. The van der Waals surface area contributed by atoms with E-state index in [1.165, 1.54) is 12.1 Å². The van der Waals surface area contributed by atoms with Gasteiger partial charge in [0, 0.05) is 36.1 Å². The summed E-state index contributed by atoms with van der Waals surface area (Å²) in [6.07, 6.45) is 1.79. The van der Waals surface area contributed by atoms with Gasteiger partial charge in [0.15, 0.2) is 6.23 Å². The number of nitrogens with one attached hydrogen (secondary N) is 1. The fourth-order valence-corrected chi connectivity index (χ4v) is 7.21. The SMILES string of the molecule is COC[C@]1(COCc2ccccc2)O[C@@H](n2cc(-c3ccccc3)c3cnc(Nc4ccc(F)cc4)nc32)[C@H](OCc2ccccc2)[C@@H]1OCc1ccccc1. The first-order valence-electron chi connectivity index (χ1n) is 18.6. The van der Waals surface area contributed by atoms with Crippen LogP contribution < -0.4 is 5.32 Å². The molecule has 5 aromatic carbocycles. The second-order valence-corrected chi connectivity index (χ2v) is 13.8. The number of nitrogens with zero attached hydrogens (tertiary/aromatic N) is 3. The molecule has 0 amide bonds. The van der Waals surface area contributed by atoms with Crippen LogP contribution in [0.15, 0.2) is 158 Å². The van der Waals surface area contributed by atoms with Crippen LogP contribution in [0.1, 0.15) is 22.9 Å². The predicted molar refractivity (Wildman–Crippen MR) is 214 cm³/mol. The van der Waals surface area contributed by atoms with E-state index >= 15 is 0 Å². The van der Waals surface area contributed by atoms with Gasteiger partial charge < -0.3 is 33.6 Å². The van der Waals surface area contributed by atoms with Crippen LogP contribution in [-0.2, 0) is 43.5 Å². The molecule has 1 fully saturated rings. The Morgan fingerprint density at radius 3 is 1.93 bits per heavy atom. The van der Waals surface area contributed by atoms with Gasteiger partial charge in [0.05, 0.1) is 33.0 Å². The third-order valence-electron chi connectivity index (χ3n) is 9.89. The maximum atomic E-state index is 13.8. The highest BCUT2D eigenvalue weighted by atomic mass is 19.1. The largest absolute Gasteiger partial charge is 0.381 e. The van der Waals surface area contributed by atoms with Crippen molar-refractivity contribution in [2.45, 2.75) is 43.9 Å². The topological polar surface area (TPSA) is 88.9 Å². The zero-order valence-electron chi connectivity index (χ0n) is 31.0. The lowest BCUT2D eigenvalue weighted by molar-refractivity contribution is -0.179. The Bertz CT molecular complexity index is 2300. The molecule has 1 saturated heterocycles. The first kappa shape index (κ1) is 37.2. The summed E-state index contributed by atoms with van der Waals surface area (Å²) in [4.78, 5) is 9.74. The van der Waals surface area contributed by atoms with Crippen molar-refractivity contribution < 1.29 is 28.1 Å². The zero-order valence-corrected chi connectivity index (χ0v) is 31.0. The smallest absolute Gasteiger partial charge is 0.229 e. The third-order valence-corrected chi connectivity index (χ3v) is 9.89. The van der Waals surface area contributed by atoms with Crippen molar-refractivity contribution >= 4 is 22.7 Å². The van der Waals surface area contributed by atoms with Gasteiger partial charge in [-0.15, -0.1) is 0 Å². The molecule has 3 heterocycles. The number of fused-ring (bicyclic) bond motifs is 1. The second-order valence-electron chi connectivity index (χ2n) is 13.8. The summed E-state index contributed by atoms with van der Waals surface area (Å²) in [6, 6.07) is 46.3. The normalized spacial score (nSPS) is 19.4. The van der Waals surface area contributed by atoms with Crippen LogP contribution in [0.5, 0.6) is 0 Å². The van der Waals surface area contributed by atoms with Crippen molar-refractivity contribution in [3.63, 3.8) is 0 Å². The van der Waals surface area contributed by atoms with Gasteiger partial charge in [-0.25, -0.2) is 9.37 Å². The average Bonchev–Trinajstić information content (AvgIpc) is 3.76. The average molecular weight is 751 g/mol. The number of anilines is 2. The molecule has 1 N–H and O–H groups in total. The Labute approximate surface area is 325 Å². The van der Waals surface area contributed by atoms with Crippen molar-refractivity contribution in [2.24, 2.45) is 0 Å². The first-order chi connectivity index (χ1) is 27.6. The van der Waals surface area contributed by atoms with Gasteiger partial charge >= 0.3 is 0 Å². The molecule has 9 nitrogen and oxygen atoms in total. The predicted octanol–water partition coefficient (Wildman–Crippen LogP) is 9.28. The van der Waals surface area contributed by atoms with Crippen LogP contribution in [0.25, 0.3) is 22.2 Å². The molecule has 2 aromatic heterocycles. The molecule has 0 aliphatic carbocycles. The van der Waals surface area contributed by atoms with Crippen LogP contribution >= 0.6 is 0 Å². The molecule has 8 rings (SSSR count). The molecule has 284 valence electrons. The van der Waals surface area contributed by atoms with E-state index in [2.05, 4.69) is 22.4 Å². The van der Waals surface area contributed by atoms with E-state index in [-0.39, 0.29) is 19.0 Å². The number of ether oxygens (including phenoxy) is 5. The van der Waals surface area contributed by atoms with E-state index in [1.54, 1.807) is 25.4 Å². The molecule has 0 radical (unpaired) electrons. The Kier molecular flexibility index (Phi) is 11.5. The number of methoxy groups -OCH3 is 1. The molecular formula is C46H43FN4O5. The number of aromatic nitrogens is 3. The molecule has 4 atom stereocenters. The summed E-state index contributed by atoms with van der Waals surface area (Å²) in [6.45, 7) is 1.32. The van der Waals surface area contributed by atoms with E-state index in [1.807, 2.05) is 120 Å². The number of hydrogen-bond donors (Lipinski definition) is 1. The maximum absolute atomic E-state index is 13.8. The molecule has 0 bridgehead atoms. The second kappa shape index (κ2) is 17.4. The monoisotopic (exact) mass is 750 g/mol. The summed E-state index contributed by atoms with van der Waals surface area (Å²) in [5.74, 6) is 0.0126. The summed E-state index contributed by atoms with van der Waals surface area (Å²) in [5.41, 5.74) is 5.13. The summed E-state index contributed by atoms with van der Waals surface area (Å²) in [7, 11) is 1.66. The Morgan fingerprint density at radius 2 is 1.30 bits per heavy atom. The fourth-order valence-electron chi connectivity index (χ4n) is 7.21. The summed E-state index contributed by atoms with van der Waals surface area (Å²) in [5, 5.41) is 4.05. The molecular weight excluding hydrogens is 708 g/mol. The quantitative estimate of drug-likeness (QED) is 0.105. The highest BCUT2D eigenvalue weighted by Gasteiger charge is 2.58. The number of hydrogen-bond acceptors (Lipinski definition) is 8. The number of rotatable bonds is 16. The molecule has 1 aliphatic heterocycles. The maximum Gasteiger partial charge on any atom is 0.229 e. The first-order valence-corrected chi connectivity index (χ1v) is 18.6. The van der Waals surface area contributed by atoms with Crippen molar-refractivity contribution in [2.75, 3.05) is 25.6 Å². The zero-order chi connectivity index (χ0) is 38.2. The van der Waals surface area contributed by atoms with E-state index in [0.29, 0.717) is 37.1 Å². The standard InChI is InChI=1S/C46H43FN4O5/c1-52-31-46(32-53-28-33-14-6-2-7-15-33)42(55-30-35-18-10-4-11-19-35)41(54-29-34-16-8-3-9-17-34)44(56-46)51-27-40(36-20-12-5-13-21-36)39-26-48-45(50-43(39)51)49-38-24-22-37(47)23-25-38/h2-27,41-42,44H,28-32H2,1H3,(H,48,49,50)/t41-,42+,44-,46-/m1/s1. The van der Waals surface area contributed by atoms with Crippen molar-refractivity contribution in [3.8, 4) is 11.1 Å². The van der Waals surface area contributed by atoms with Gasteiger partial charge in [-0.1, -0.05) is 121 Å². The lowest BCUT2D eigenvalue weighted by Gasteiger charge is -2.34. The van der Waals surface area contributed by atoms with Crippen molar-refractivity contribution in [1.29, 1.82) is 0 Å². The lowest BCUT2D eigenvalue weighted by Crippen LogP contribution is -2.52. The molecule has 56 heavy (non-hydrogen) atoms. The van der Waals surface area contributed by atoms with Crippen LogP contribution in [0.3, 0.4) is 0 Å². The van der Waals surface area contributed by atoms with Gasteiger partial charge in [-0.2, -0.15) is 4.98 Å². The van der Waals surface area contributed by atoms with E-state index in [9.17, 15) is 4.39 Å². The number of halogens is 1. The lowest BCUT2D eigenvalue weighted by atomic mass is 9.96. The molecule has 0 unspecified atom stereocenters. The van der Waals surface area contributed by atoms with E-state index in [4.69, 9.17) is 28.7 Å². The van der Waals surface area contributed by atoms with Gasteiger partial charge in [0.25, 0.3) is 0 Å². The molecule has 0 saturated carbocycles. The van der Waals surface area contributed by atoms with Crippen LogP contribution in [-0.4, -0.2) is 52.7 Å². The van der Waals surface area contributed by atoms with Crippen LogP contribution in [0.2, 0.25) is 0 Å². The Morgan fingerprint density at radius 1 is 0.714 bits per heavy atom. The van der Waals surface area contributed by atoms with E-state index in [0.717, 1.165) is 33.2 Å². The van der Waals surface area contributed by atoms with Gasteiger partial charge in [-0.3, -0.25) is 0 Å². The molecule has 7 aromatic rings. The third kappa shape index (κ3) is 8.40.